The van der Waals surface area contributed by atoms with E-state index in [0.717, 1.165) is 0 Å². The van der Waals surface area contributed by atoms with Crippen molar-refractivity contribution < 1.29 is 33.0 Å². The van der Waals surface area contributed by atoms with Crippen LogP contribution in [0.2, 0.25) is 0 Å². The molecule has 0 spiro atoms. The number of furan rings is 1. The predicted octanol–water partition coefficient (Wildman–Crippen LogP) is 1.63. The average molecular weight is 376 g/mol. The molecule has 9 heteroatoms. The fraction of sp³-hybridized carbons (Fsp3) is 0.278. The molecular weight excluding hydrogens is 356 g/mol. The second kappa shape index (κ2) is 10.5. The van der Waals surface area contributed by atoms with Crippen LogP contribution in [0, 0.1) is 0 Å². The second-order valence-electron chi connectivity index (χ2n) is 5.14. The smallest absolute Gasteiger partial charge is 0.344 e. The Kier molecular flexibility index (Phi) is 7.70. The molecule has 27 heavy (non-hydrogen) atoms. The van der Waals surface area contributed by atoms with Crippen LogP contribution in [0.1, 0.15) is 12.7 Å². The Hall–Kier alpha value is -3.49. The Morgan fingerprint density at radius 3 is 2.41 bits per heavy atom. The summed E-state index contributed by atoms with van der Waals surface area (Å²) in [6.45, 7) is 1.39. The van der Waals surface area contributed by atoms with Crippen molar-refractivity contribution in [3.05, 3.63) is 48.4 Å². The number of urea groups is 1. The molecule has 0 atom stereocenters. The minimum absolute atomic E-state index is 0.124. The lowest BCUT2D eigenvalue weighted by Crippen LogP contribution is -2.41. The molecule has 0 aliphatic carbocycles. The number of ether oxygens (including phenoxy) is 3. The Balaban J connectivity index is 1.66. The van der Waals surface area contributed by atoms with Crippen molar-refractivity contribution in [2.75, 3.05) is 19.8 Å². The molecule has 0 aliphatic heterocycles. The number of nitrogens with one attached hydrogen (secondary N) is 2. The van der Waals surface area contributed by atoms with Crippen LogP contribution in [0.25, 0.3) is 0 Å². The molecule has 2 rings (SSSR count). The van der Waals surface area contributed by atoms with Gasteiger partial charge in [-0.1, -0.05) is 12.1 Å². The number of para-hydroxylation sites is 2. The first-order chi connectivity index (χ1) is 13.1. The summed E-state index contributed by atoms with van der Waals surface area (Å²) >= 11 is 0. The Morgan fingerprint density at radius 1 is 1.00 bits per heavy atom. The largest absolute Gasteiger partial charge is 0.490 e. The van der Waals surface area contributed by atoms with Crippen molar-refractivity contribution in [2.24, 2.45) is 0 Å². The summed E-state index contributed by atoms with van der Waals surface area (Å²) in [5.74, 6) is -0.104. The average Bonchev–Trinajstić information content (AvgIpc) is 3.18. The summed E-state index contributed by atoms with van der Waals surface area (Å²) < 4.78 is 20.5. The highest BCUT2D eigenvalue weighted by molar-refractivity contribution is 5.95. The summed E-state index contributed by atoms with van der Waals surface area (Å²) in [5, 5.41) is 4.45. The van der Waals surface area contributed by atoms with E-state index in [-0.39, 0.29) is 6.54 Å². The number of hydrogen-bond donors (Lipinski definition) is 2. The zero-order valence-electron chi connectivity index (χ0n) is 14.7. The van der Waals surface area contributed by atoms with E-state index in [9.17, 15) is 14.4 Å². The van der Waals surface area contributed by atoms with Crippen LogP contribution in [0.5, 0.6) is 11.5 Å². The maximum atomic E-state index is 11.7. The van der Waals surface area contributed by atoms with E-state index in [0.29, 0.717) is 23.9 Å². The molecule has 0 saturated carbocycles. The molecule has 2 N–H and O–H groups in total. The third-order valence-corrected chi connectivity index (χ3v) is 3.12. The van der Waals surface area contributed by atoms with Crippen LogP contribution < -0.4 is 20.1 Å². The summed E-state index contributed by atoms with van der Waals surface area (Å²) in [6, 6.07) is 9.49. The van der Waals surface area contributed by atoms with Gasteiger partial charge in [-0.15, -0.1) is 0 Å². The van der Waals surface area contributed by atoms with Gasteiger partial charge in [-0.2, -0.15) is 0 Å². The SMILES string of the molecule is CCOc1ccccc1OCC(=O)OCC(=O)NC(=O)NCc1ccco1. The molecule has 144 valence electrons. The lowest BCUT2D eigenvalue weighted by molar-refractivity contribution is -0.150. The minimum atomic E-state index is -0.769. The normalized spacial score (nSPS) is 9.96. The number of amides is 3. The van der Waals surface area contributed by atoms with Crippen LogP contribution >= 0.6 is 0 Å². The van der Waals surface area contributed by atoms with Gasteiger partial charge in [0.1, 0.15) is 5.76 Å². The van der Waals surface area contributed by atoms with Gasteiger partial charge in [0.15, 0.2) is 24.7 Å². The van der Waals surface area contributed by atoms with E-state index in [1.807, 2.05) is 12.2 Å². The maximum absolute atomic E-state index is 11.7. The highest BCUT2D eigenvalue weighted by Gasteiger charge is 2.13. The number of carbonyl (C=O) groups is 3. The van der Waals surface area contributed by atoms with Crippen molar-refractivity contribution in [2.45, 2.75) is 13.5 Å². The summed E-state index contributed by atoms with van der Waals surface area (Å²) in [7, 11) is 0. The van der Waals surface area contributed by atoms with E-state index in [1.165, 1.54) is 6.26 Å². The van der Waals surface area contributed by atoms with Crippen LogP contribution in [-0.2, 0) is 20.9 Å². The zero-order chi connectivity index (χ0) is 19.5. The van der Waals surface area contributed by atoms with Gasteiger partial charge in [0.2, 0.25) is 0 Å². The van der Waals surface area contributed by atoms with Crippen molar-refractivity contribution in [3.8, 4) is 11.5 Å². The standard InChI is InChI=1S/C18H20N2O7/c1-2-24-14-7-3-4-8-15(14)26-12-17(22)27-11-16(21)20-18(23)19-10-13-6-5-9-25-13/h3-9H,2,10-12H2,1H3,(H2,19,20,21,23). The molecule has 1 aromatic carbocycles. The lowest BCUT2D eigenvalue weighted by atomic mass is 10.3. The second-order valence-corrected chi connectivity index (χ2v) is 5.14. The van der Waals surface area contributed by atoms with Crippen LogP contribution in [0.4, 0.5) is 4.79 Å². The number of imide groups is 1. The van der Waals surface area contributed by atoms with E-state index in [4.69, 9.17) is 18.6 Å². The maximum Gasteiger partial charge on any atom is 0.344 e. The van der Waals surface area contributed by atoms with Gasteiger partial charge in [-0.3, -0.25) is 10.1 Å². The molecule has 9 nitrogen and oxygen atoms in total. The Bertz CT molecular complexity index is 759. The predicted molar refractivity (Wildman–Crippen MR) is 93.2 cm³/mol. The number of hydrogen-bond acceptors (Lipinski definition) is 7. The van der Waals surface area contributed by atoms with Crippen molar-refractivity contribution in [3.63, 3.8) is 0 Å². The van der Waals surface area contributed by atoms with Gasteiger partial charge >= 0.3 is 12.0 Å². The summed E-state index contributed by atoms with van der Waals surface area (Å²) in [4.78, 5) is 34.8. The molecule has 0 unspecified atom stereocenters. The highest BCUT2D eigenvalue weighted by Crippen LogP contribution is 2.26. The van der Waals surface area contributed by atoms with Crippen molar-refractivity contribution >= 4 is 17.9 Å². The minimum Gasteiger partial charge on any atom is -0.490 e. The highest BCUT2D eigenvalue weighted by atomic mass is 16.6. The molecule has 0 bridgehead atoms. The zero-order valence-corrected chi connectivity index (χ0v) is 14.7. The number of rotatable bonds is 9. The molecule has 1 aromatic heterocycles. The van der Waals surface area contributed by atoms with Gasteiger partial charge in [0.25, 0.3) is 5.91 Å². The molecule has 0 fully saturated rings. The van der Waals surface area contributed by atoms with Gasteiger partial charge in [0.05, 0.1) is 19.4 Å². The first-order valence-electron chi connectivity index (χ1n) is 8.18. The molecule has 0 aliphatic rings. The molecule has 0 saturated heterocycles. The number of esters is 1. The first-order valence-corrected chi connectivity index (χ1v) is 8.18. The lowest BCUT2D eigenvalue weighted by Gasteiger charge is -2.11. The summed E-state index contributed by atoms with van der Waals surface area (Å²) in [5.41, 5.74) is 0. The van der Waals surface area contributed by atoms with Crippen LogP contribution in [0.3, 0.4) is 0 Å². The quantitative estimate of drug-likeness (QED) is 0.639. The van der Waals surface area contributed by atoms with E-state index < -0.39 is 31.1 Å². The molecular formula is C18H20N2O7. The molecule has 2 aromatic rings. The monoisotopic (exact) mass is 376 g/mol. The van der Waals surface area contributed by atoms with E-state index >= 15 is 0 Å². The van der Waals surface area contributed by atoms with Gasteiger partial charge in [0, 0.05) is 0 Å². The van der Waals surface area contributed by atoms with E-state index in [1.54, 1.807) is 36.4 Å². The molecule has 1 heterocycles. The fourth-order valence-electron chi connectivity index (χ4n) is 1.96. The summed E-state index contributed by atoms with van der Waals surface area (Å²) in [6.07, 6.45) is 1.47. The third kappa shape index (κ3) is 7.10. The van der Waals surface area contributed by atoms with Gasteiger partial charge < -0.3 is 23.9 Å². The van der Waals surface area contributed by atoms with Crippen LogP contribution in [0.15, 0.2) is 47.1 Å². The van der Waals surface area contributed by atoms with Crippen molar-refractivity contribution in [1.82, 2.24) is 10.6 Å². The number of carbonyl (C=O) groups excluding carboxylic acids is 3. The van der Waals surface area contributed by atoms with Crippen molar-refractivity contribution in [1.29, 1.82) is 0 Å². The van der Waals surface area contributed by atoms with Crippen LogP contribution in [-0.4, -0.2) is 37.7 Å². The Labute approximate surface area is 155 Å². The van der Waals surface area contributed by atoms with Gasteiger partial charge in [-0.25, -0.2) is 9.59 Å². The first kappa shape index (κ1) is 19.8. The molecule has 3 amide bonds. The van der Waals surface area contributed by atoms with Gasteiger partial charge in [-0.05, 0) is 31.2 Å². The number of benzene rings is 1. The Morgan fingerprint density at radius 2 is 1.74 bits per heavy atom. The molecule has 0 radical (unpaired) electrons. The third-order valence-electron chi connectivity index (χ3n) is 3.12. The van der Waals surface area contributed by atoms with E-state index in [2.05, 4.69) is 5.32 Å². The fourth-order valence-corrected chi connectivity index (χ4v) is 1.96. The topological polar surface area (TPSA) is 116 Å².